The lowest BCUT2D eigenvalue weighted by Crippen LogP contribution is -2.41. The Hall–Kier alpha value is -1.55. The lowest BCUT2D eigenvalue weighted by atomic mass is 9.82. The van der Waals surface area contributed by atoms with Crippen molar-refractivity contribution >= 4 is 5.91 Å². The minimum atomic E-state index is -0.0820. The van der Waals surface area contributed by atoms with E-state index in [1.165, 1.54) is 0 Å². The van der Waals surface area contributed by atoms with E-state index in [1.807, 2.05) is 38.2 Å². The van der Waals surface area contributed by atoms with E-state index < -0.39 is 0 Å². The fourth-order valence-electron chi connectivity index (χ4n) is 2.30. The highest BCUT2D eigenvalue weighted by Gasteiger charge is 2.29. The fraction of sp³-hybridized carbons (Fsp3) is 0.588. The lowest BCUT2D eigenvalue weighted by molar-refractivity contribution is -0.125. The molecule has 0 spiro atoms. The van der Waals surface area contributed by atoms with Crippen molar-refractivity contribution in [2.75, 3.05) is 20.7 Å². The molecule has 118 valence electrons. The minimum absolute atomic E-state index is 0.0561. The molecule has 4 nitrogen and oxygen atoms in total. The third-order valence-electron chi connectivity index (χ3n) is 3.54. The van der Waals surface area contributed by atoms with E-state index in [1.54, 1.807) is 7.11 Å². The van der Waals surface area contributed by atoms with Crippen molar-refractivity contribution < 1.29 is 9.53 Å². The van der Waals surface area contributed by atoms with Gasteiger partial charge in [0.15, 0.2) is 0 Å². The van der Waals surface area contributed by atoms with Crippen molar-refractivity contribution in [1.82, 2.24) is 10.6 Å². The zero-order chi connectivity index (χ0) is 16.0. The number of ether oxygens (including phenoxy) is 1. The summed E-state index contributed by atoms with van der Waals surface area (Å²) in [5.41, 5.74) is 0.980. The van der Waals surface area contributed by atoms with Crippen molar-refractivity contribution in [1.29, 1.82) is 0 Å². The maximum Gasteiger partial charge on any atom is 0.224 e. The number of hydrogen-bond acceptors (Lipinski definition) is 3. The molecule has 1 aromatic carbocycles. The van der Waals surface area contributed by atoms with Gasteiger partial charge in [-0.15, -0.1) is 0 Å². The molecule has 0 aliphatic rings. The van der Waals surface area contributed by atoms with E-state index in [-0.39, 0.29) is 23.3 Å². The second kappa shape index (κ2) is 7.46. The maximum absolute atomic E-state index is 12.3. The van der Waals surface area contributed by atoms with Crippen LogP contribution in [0.5, 0.6) is 5.75 Å². The second-order valence-corrected chi connectivity index (χ2v) is 6.54. The summed E-state index contributed by atoms with van der Waals surface area (Å²) >= 11 is 0. The van der Waals surface area contributed by atoms with Crippen LogP contribution in [-0.4, -0.2) is 26.6 Å². The van der Waals surface area contributed by atoms with E-state index in [0.29, 0.717) is 6.54 Å². The van der Waals surface area contributed by atoms with Gasteiger partial charge in [-0.1, -0.05) is 39.8 Å². The molecular formula is C17H28N2O2. The summed E-state index contributed by atoms with van der Waals surface area (Å²) in [7, 11) is 3.51. The number of benzene rings is 1. The molecule has 0 aliphatic heterocycles. The van der Waals surface area contributed by atoms with Gasteiger partial charge in [0, 0.05) is 12.5 Å². The summed E-state index contributed by atoms with van der Waals surface area (Å²) in [6.07, 6.45) is 0. The van der Waals surface area contributed by atoms with Gasteiger partial charge in [-0.05, 0) is 30.2 Å². The van der Waals surface area contributed by atoms with Crippen LogP contribution >= 0.6 is 0 Å². The first-order valence-corrected chi connectivity index (χ1v) is 7.38. The van der Waals surface area contributed by atoms with Crippen molar-refractivity contribution in [3.05, 3.63) is 29.8 Å². The molecule has 0 heterocycles. The molecule has 0 fully saturated rings. The number of nitrogens with one attached hydrogen (secondary N) is 2. The number of carbonyl (C=O) groups excluding carboxylic acids is 1. The van der Waals surface area contributed by atoms with E-state index in [4.69, 9.17) is 4.74 Å². The Kier molecular flexibility index (Phi) is 6.21. The molecule has 0 saturated heterocycles. The third kappa shape index (κ3) is 5.05. The molecule has 0 radical (unpaired) electrons. The highest BCUT2D eigenvalue weighted by atomic mass is 16.5. The quantitative estimate of drug-likeness (QED) is 0.847. The Morgan fingerprint density at radius 3 is 2.52 bits per heavy atom. The summed E-state index contributed by atoms with van der Waals surface area (Å²) in [4.78, 5) is 12.3. The molecule has 0 aliphatic carbocycles. The van der Waals surface area contributed by atoms with Crippen LogP contribution in [0, 0.1) is 11.3 Å². The number of carbonyl (C=O) groups is 1. The van der Waals surface area contributed by atoms with E-state index in [0.717, 1.165) is 11.3 Å². The van der Waals surface area contributed by atoms with Gasteiger partial charge in [-0.2, -0.15) is 0 Å². The third-order valence-corrected chi connectivity index (χ3v) is 3.54. The predicted molar refractivity (Wildman–Crippen MR) is 86.4 cm³/mol. The van der Waals surface area contributed by atoms with Crippen LogP contribution in [0.1, 0.15) is 39.3 Å². The van der Waals surface area contributed by atoms with Gasteiger partial charge in [-0.25, -0.2) is 0 Å². The van der Waals surface area contributed by atoms with E-state index >= 15 is 0 Å². The SMILES string of the molecule is CNC[C@@H](C)C(=O)N[C@H](c1cccc(OC)c1)C(C)(C)C. The monoisotopic (exact) mass is 292 g/mol. The number of rotatable bonds is 6. The highest BCUT2D eigenvalue weighted by molar-refractivity contribution is 5.79. The van der Waals surface area contributed by atoms with Gasteiger partial charge in [0.05, 0.1) is 13.2 Å². The summed E-state index contributed by atoms with van der Waals surface area (Å²) < 4.78 is 5.29. The summed E-state index contributed by atoms with van der Waals surface area (Å²) in [6, 6.07) is 7.82. The maximum atomic E-state index is 12.3. The molecule has 1 rings (SSSR count). The molecule has 1 amide bonds. The van der Waals surface area contributed by atoms with Crippen LogP contribution in [0.25, 0.3) is 0 Å². The summed E-state index contributed by atoms with van der Waals surface area (Å²) in [5, 5.41) is 6.21. The Bertz CT molecular complexity index is 466. The van der Waals surface area contributed by atoms with Crippen molar-refractivity contribution in [2.24, 2.45) is 11.3 Å². The Balaban J connectivity index is 2.99. The number of hydrogen-bond donors (Lipinski definition) is 2. The van der Waals surface area contributed by atoms with Crippen LogP contribution < -0.4 is 15.4 Å². The van der Waals surface area contributed by atoms with Gasteiger partial charge in [0.2, 0.25) is 5.91 Å². The molecular weight excluding hydrogens is 264 g/mol. The molecule has 21 heavy (non-hydrogen) atoms. The normalized spacial score (nSPS) is 14.4. The van der Waals surface area contributed by atoms with Crippen molar-refractivity contribution in [2.45, 2.75) is 33.7 Å². The first kappa shape index (κ1) is 17.5. The second-order valence-electron chi connectivity index (χ2n) is 6.54. The molecule has 0 aromatic heterocycles. The van der Waals surface area contributed by atoms with Crippen LogP contribution in [0.3, 0.4) is 0 Å². The van der Waals surface area contributed by atoms with Gasteiger partial charge >= 0.3 is 0 Å². The van der Waals surface area contributed by atoms with Crippen LogP contribution in [0.15, 0.2) is 24.3 Å². The molecule has 0 bridgehead atoms. The molecule has 2 atom stereocenters. The van der Waals surface area contributed by atoms with E-state index in [9.17, 15) is 4.79 Å². The zero-order valence-corrected chi connectivity index (χ0v) is 14.0. The predicted octanol–water partition coefficient (Wildman–Crippen LogP) is 2.75. The van der Waals surface area contributed by atoms with Crippen LogP contribution in [-0.2, 0) is 4.79 Å². The molecule has 4 heteroatoms. The number of methoxy groups -OCH3 is 1. The lowest BCUT2D eigenvalue weighted by Gasteiger charge is -2.33. The van der Waals surface area contributed by atoms with Gasteiger partial charge < -0.3 is 15.4 Å². The smallest absolute Gasteiger partial charge is 0.224 e. The van der Waals surface area contributed by atoms with Crippen molar-refractivity contribution in [3.63, 3.8) is 0 Å². The average molecular weight is 292 g/mol. The molecule has 0 saturated carbocycles. The number of amides is 1. The standard InChI is InChI=1S/C17H28N2O2/c1-12(11-18-5)16(20)19-15(17(2,3)4)13-8-7-9-14(10-13)21-6/h7-10,12,15,18H,11H2,1-6H3,(H,19,20)/t12-,15-/m1/s1. The largest absolute Gasteiger partial charge is 0.497 e. The highest BCUT2D eigenvalue weighted by Crippen LogP contribution is 2.34. The first-order valence-electron chi connectivity index (χ1n) is 7.38. The Morgan fingerprint density at radius 2 is 2.00 bits per heavy atom. The first-order chi connectivity index (χ1) is 9.79. The summed E-state index contributed by atoms with van der Waals surface area (Å²) in [5.74, 6) is 0.803. The Morgan fingerprint density at radius 1 is 1.33 bits per heavy atom. The van der Waals surface area contributed by atoms with E-state index in [2.05, 4.69) is 31.4 Å². The van der Waals surface area contributed by atoms with Gasteiger partial charge in [-0.3, -0.25) is 4.79 Å². The Labute approximate surface area is 128 Å². The van der Waals surface area contributed by atoms with Crippen LogP contribution in [0.4, 0.5) is 0 Å². The van der Waals surface area contributed by atoms with Crippen molar-refractivity contribution in [3.8, 4) is 5.75 Å². The average Bonchev–Trinajstić information content (AvgIpc) is 2.43. The molecule has 2 N–H and O–H groups in total. The van der Waals surface area contributed by atoms with Gasteiger partial charge in [0.1, 0.15) is 5.75 Å². The molecule has 1 aromatic rings. The van der Waals surface area contributed by atoms with Crippen LogP contribution in [0.2, 0.25) is 0 Å². The zero-order valence-electron chi connectivity index (χ0n) is 14.0. The molecule has 0 unspecified atom stereocenters. The van der Waals surface area contributed by atoms with Gasteiger partial charge in [0.25, 0.3) is 0 Å². The fourth-order valence-corrected chi connectivity index (χ4v) is 2.30. The topological polar surface area (TPSA) is 50.4 Å². The minimum Gasteiger partial charge on any atom is -0.497 e. The summed E-state index contributed by atoms with van der Waals surface area (Å²) in [6.45, 7) is 8.97.